The Labute approximate surface area is 124 Å². The molecular formula is C17H9FN4. The molecule has 4 nitrogen and oxygen atoms in total. The number of nitrogens with one attached hydrogen (secondary N) is 1. The van der Waals surface area contributed by atoms with Crippen molar-refractivity contribution in [2.45, 2.75) is 0 Å². The van der Waals surface area contributed by atoms with Crippen LogP contribution in [0, 0.1) is 17.1 Å². The zero-order valence-electron chi connectivity index (χ0n) is 11.3. The molecule has 3 heterocycles. The van der Waals surface area contributed by atoms with E-state index in [1.54, 1.807) is 36.7 Å². The topological polar surface area (TPSA) is 65.4 Å². The summed E-state index contributed by atoms with van der Waals surface area (Å²) in [5.74, 6) is -0.289. The summed E-state index contributed by atoms with van der Waals surface area (Å²) in [6, 6.07) is 12.2. The van der Waals surface area contributed by atoms with E-state index in [1.165, 1.54) is 6.07 Å². The van der Waals surface area contributed by atoms with E-state index in [-0.39, 0.29) is 5.82 Å². The van der Waals surface area contributed by atoms with E-state index in [0.717, 1.165) is 16.3 Å². The maximum Gasteiger partial charge on any atom is 0.141 e. The van der Waals surface area contributed by atoms with Crippen molar-refractivity contribution in [2.75, 3.05) is 0 Å². The van der Waals surface area contributed by atoms with Crippen LogP contribution in [0.4, 0.5) is 4.39 Å². The number of nitrogens with zero attached hydrogens (tertiary/aromatic N) is 3. The van der Waals surface area contributed by atoms with Crippen molar-refractivity contribution in [3.05, 3.63) is 60.3 Å². The van der Waals surface area contributed by atoms with Gasteiger partial charge in [0.1, 0.15) is 23.2 Å². The van der Waals surface area contributed by atoms with Gasteiger partial charge in [-0.1, -0.05) is 18.2 Å². The van der Waals surface area contributed by atoms with Crippen LogP contribution >= 0.6 is 0 Å². The molecule has 0 spiro atoms. The van der Waals surface area contributed by atoms with Gasteiger partial charge in [-0.15, -0.1) is 0 Å². The fourth-order valence-electron chi connectivity index (χ4n) is 2.58. The minimum atomic E-state index is -0.289. The van der Waals surface area contributed by atoms with Gasteiger partial charge >= 0.3 is 0 Å². The number of H-pyrrole nitrogens is 1. The molecule has 0 saturated carbocycles. The highest BCUT2D eigenvalue weighted by Crippen LogP contribution is 2.29. The summed E-state index contributed by atoms with van der Waals surface area (Å²) >= 11 is 0. The van der Waals surface area contributed by atoms with Crippen molar-refractivity contribution < 1.29 is 4.39 Å². The lowest BCUT2D eigenvalue weighted by Crippen LogP contribution is -1.85. The molecule has 0 unspecified atom stereocenters. The van der Waals surface area contributed by atoms with Gasteiger partial charge in [-0.05, 0) is 18.2 Å². The molecule has 104 valence electrons. The number of fused-ring (bicyclic) bond motifs is 3. The van der Waals surface area contributed by atoms with Crippen molar-refractivity contribution in [3.8, 4) is 17.2 Å². The molecule has 22 heavy (non-hydrogen) atoms. The van der Waals surface area contributed by atoms with Gasteiger partial charge in [0.15, 0.2) is 0 Å². The van der Waals surface area contributed by atoms with Crippen LogP contribution in [-0.2, 0) is 0 Å². The van der Waals surface area contributed by atoms with E-state index in [0.29, 0.717) is 22.5 Å². The van der Waals surface area contributed by atoms with Gasteiger partial charge < -0.3 is 4.98 Å². The summed E-state index contributed by atoms with van der Waals surface area (Å²) in [5, 5.41) is 10.7. The lowest BCUT2D eigenvalue weighted by Gasteiger charge is -2.03. The maximum absolute atomic E-state index is 13.9. The van der Waals surface area contributed by atoms with Gasteiger partial charge in [-0.25, -0.2) is 14.4 Å². The highest BCUT2D eigenvalue weighted by molar-refractivity contribution is 6.06. The summed E-state index contributed by atoms with van der Waals surface area (Å²) in [6.07, 6.45) is 3.24. The number of aromatic amines is 1. The van der Waals surface area contributed by atoms with E-state index < -0.39 is 0 Å². The van der Waals surface area contributed by atoms with Crippen molar-refractivity contribution in [2.24, 2.45) is 0 Å². The predicted molar refractivity (Wildman–Crippen MR) is 81.5 cm³/mol. The van der Waals surface area contributed by atoms with Crippen molar-refractivity contribution in [1.82, 2.24) is 15.0 Å². The minimum Gasteiger partial charge on any atom is -0.338 e. The van der Waals surface area contributed by atoms with Crippen molar-refractivity contribution in [1.29, 1.82) is 5.26 Å². The predicted octanol–water partition coefficient (Wildman–Crippen LogP) is 3.79. The SMILES string of the molecule is N#Cc1cc2c(cn1)[nH]c1ncc(-c3ccccc3F)cc12. The Morgan fingerprint density at radius 3 is 2.73 bits per heavy atom. The first-order valence-corrected chi connectivity index (χ1v) is 6.69. The second kappa shape index (κ2) is 4.64. The standard InChI is InChI=1S/C17H9FN4/c18-15-4-2-1-3-12(15)10-5-14-13-6-11(7-19)20-9-16(13)22-17(14)21-8-10/h1-6,8-9H,(H,21,22). The van der Waals surface area contributed by atoms with E-state index in [4.69, 9.17) is 5.26 Å². The van der Waals surface area contributed by atoms with E-state index in [2.05, 4.69) is 15.0 Å². The summed E-state index contributed by atoms with van der Waals surface area (Å²) in [4.78, 5) is 11.5. The molecule has 5 heteroatoms. The zero-order chi connectivity index (χ0) is 15.1. The average molecular weight is 288 g/mol. The molecule has 4 rings (SSSR count). The van der Waals surface area contributed by atoms with Gasteiger partial charge in [0.2, 0.25) is 0 Å². The first kappa shape index (κ1) is 12.5. The number of rotatable bonds is 1. The number of hydrogen-bond acceptors (Lipinski definition) is 3. The van der Waals surface area contributed by atoms with Crippen LogP contribution in [0.2, 0.25) is 0 Å². The Kier molecular flexibility index (Phi) is 2.63. The third-order valence-electron chi connectivity index (χ3n) is 3.63. The van der Waals surface area contributed by atoms with Gasteiger partial charge in [0.25, 0.3) is 0 Å². The molecular weight excluding hydrogens is 279 g/mol. The molecule has 0 bridgehead atoms. The van der Waals surface area contributed by atoms with E-state index in [1.807, 2.05) is 12.1 Å². The molecule has 1 aromatic carbocycles. The molecule has 0 amide bonds. The Hall–Kier alpha value is -3.26. The van der Waals surface area contributed by atoms with Crippen LogP contribution in [-0.4, -0.2) is 15.0 Å². The lowest BCUT2D eigenvalue weighted by molar-refractivity contribution is 0.631. The molecule has 1 N–H and O–H groups in total. The van der Waals surface area contributed by atoms with Crippen LogP contribution in [0.25, 0.3) is 33.1 Å². The molecule has 0 aliphatic carbocycles. The molecule has 0 atom stereocenters. The molecule has 0 fully saturated rings. The Morgan fingerprint density at radius 2 is 1.91 bits per heavy atom. The average Bonchev–Trinajstić information content (AvgIpc) is 2.92. The third kappa shape index (κ3) is 1.82. The van der Waals surface area contributed by atoms with Crippen LogP contribution in [0.3, 0.4) is 0 Å². The molecule has 0 saturated heterocycles. The number of halogens is 1. The van der Waals surface area contributed by atoms with Crippen molar-refractivity contribution in [3.63, 3.8) is 0 Å². The second-order valence-electron chi connectivity index (χ2n) is 4.95. The number of nitriles is 1. The quantitative estimate of drug-likeness (QED) is 0.579. The Morgan fingerprint density at radius 1 is 1.05 bits per heavy atom. The first-order chi connectivity index (χ1) is 10.8. The lowest BCUT2D eigenvalue weighted by atomic mass is 10.1. The van der Waals surface area contributed by atoms with Gasteiger partial charge in [0, 0.05) is 28.1 Å². The van der Waals surface area contributed by atoms with E-state index >= 15 is 0 Å². The molecule has 3 aromatic heterocycles. The smallest absolute Gasteiger partial charge is 0.141 e. The summed E-state index contributed by atoms with van der Waals surface area (Å²) in [6.45, 7) is 0. The van der Waals surface area contributed by atoms with Crippen molar-refractivity contribution >= 4 is 21.9 Å². The monoisotopic (exact) mass is 288 g/mol. The number of benzene rings is 1. The highest BCUT2D eigenvalue weighted by Gasteiger charge is 2.10. The van der Waals surface area contributed by atoms with Gasteiger partial charge in [-0.2, -0.15) is 5.26 Å². The van der Waals surface area contributed by atoms with Gasteiger partial charge in [0.05, 0.1) is 11.7 Å². The van der Waals surface area contributed by atoms with E-state index in [9.17, 15) is 4.39 Å². The first-order valence-electron chi connectivity index (χ1n) is 6.69. The molecule has 0 radical (unpaired) electrons. The highest BCUT2D eigenvalue weighted by atomic mass is 19.1. The summed E-state index contributed by atoms with van der Waals surface area (Å²) in [7, 11) is 0. The third-order valence-corrected chi connectivity index (χ3v) is 3.63. The number of pyridine rings is 2. The summed E-state index contributed by atoms with van der Waals surface area (Å²) < 4.78 is 13.9. The Bertz CT molecular complexity index is 1060. The van der Waals surface area contributed by atoms with Crippen LogP contribution in [0.1, 0.15) is 5.69 Å². The summed E-state index contributed by atoms with van der Waals surface area (Å²) in [5.41, 5.74) is 3.02. The maximum atomic E-state index is 13.9. The molecule has 4 aromatic rings. The molecule has 0 aliphatic rings. The fourth-order valence-corrected chi connectivity index (χ4v) is 2.58. The van der Waals surface area contributed by atoms with Gasteiger partial charge in [-0.3, -0.25) is 0 Å². The fraction of sp³-hybridized carbons (Fsp3) is 0. The number of aromatic nitrogens is 3. The second-order valence-corrected chi connectivity index (χ2v) is 4.95. The largest absolute Gasteiger partial charge is 0.338 e. The minimum absolute atomic E-state index is 0.289. The molecule has 0 aliphatic heterocycles. The Balaban J connectivity index is 2.02. The van der Waals surface area contributed by atoms with Crippen LogP contribution in [0.5, 0.6) is 0 Å². The van der Waals surface area contributed by atoms with Crippen LogP contribution in [0.15, 0.2) is 48.8 Å². The number of hydrogen-bond donors (Lipinski definition) is 1. The normalized spacial score (nSPS) is 10.9. The zero-order valence-corrected chi connectivity index (χ0v) is 11.3. The van der Waals surface area contributed by atoms with Crippen LogP contribution < -0.4 is 0 Å².